The number of carbonyl (C=O) groups excluding carboxylic acids is 1. The van der Waals surface area contributed by atoms with Crippen LogP contribution in [0.15, 0.2) is 67.0 Å². The fraction of sp³-hybridized carbons (Fsp3) is 0.433. The van der Waals surface area contributed by atoms with Gasteiger partial charge in [0.2, 0.25) is 0 Å². The number of fused-ring (bicyclic) bond motifs is 1. The Balaban J connectivity index is 1.19. The molecular formula is C30H38N4O2. The Morgan fingerprint density at radius 1 is 0.944 bits per heavy atom. The lowest BCUT2D eigenvalue weighted by molar-refractivity contribution is 0.0572. The van der Waals surface area contributed by atoms with Crippen molar-refractivity contribution in [1.29, 1.82) is 0 Å². The summed E-state index contributed by atoms with van der Waals surface area (Å²) in [5.41, 5.74) is 3.32. The lowest BCUT2D eigenvalue weighted by atomic mass is 9.89. The van der Waals surface area contributed by atoms with Crippen LogP contribution in [-0.2, 0) is 0 Å². The van der Waals surface area contributed by atoms with E-state index in [-0.39, 0.29) is 5.91 Å². The lowest BCUT2D eigenvalue weighted by Crippen LogP contribution is -2.46. The third kappa shape index (κ3) is 5.59. The van der Waals surface area contributed by atoms with Gasteiger partial charge in [-0.25, -0.2) is 0 Å². The Morgan fingerprint density at radius 3 is 2.61 bits per heavy atom. The van der Waals surface area contributed by atoms with Crippen LogP contribution in [0, 0.1) is 0 Å². The molecule has 2 aliphatic heterocycles. The van der Waals surface area contributed by atoms with Crippen molar-refractivity contribution in [3.63, 3.8) is 0 Å². The molecule has 0 bridgehead atoms. The summed E-state index contributed by atoms with van der Waals surface area (Å²) >= 11 is 0. The highest BCUT2D eigenvalue weighted by Gasteiger charge is 2.29. The molecule has 36 heavy (non-hydrogen) atoms. The van der Waals surface area contributed by atoms with Gasteiger partial charge in [0.1, 0.15) is 11.4 Å². The van der Waals surface area contributed by atoms with Crippen molar-refractivity contribution in [2.45, 2.75) is 50.5 Å². The van der Waals surface area contributed by atoms with Gasteiger partial charge in [-0.1, -0.05) is 30.3 Å². The van der Waals surface area contributed by atoms with E-state index >= 15 is 0 Å². The predicted octanol–water partition coefficient (Wildman–Crippen LogP) is 5.89. The van der Waals surface area contributed by atoms with Gasteiger partial charge in [-0.05, 0) is 87.4 Å². The fourth-order valence-corrected chi connectivity index (χ4v) is 5.84. The van der Waals surface area contributed by atoms with E-state index in [1.807, 2.05) is 30.3 Å². The van der Waals surface area contributed by atoms with E-state index in [1.165, 1.54) is 35.7 Å². The minimum atomic E-state index is 0.0907. The standard InChI is InChI=1S/C30H38N4O2/c1-36-25-9-2-4-12-29(31-17-13-25)30(35)34-18-7-6-8-24(34)16-21-33-19-14-23(15-20-33)27-22-32-28-11-5-3-10-26(27)28/h2-5,9-13,17,22-24,31-32H,6-8,14-16,18-21H2,1H3. The van der Waals surface area contributed by atoms with Crippen LogP contribution < -0.4 is 4.74 Å². The molecule has 2 saturated heterocycles. The molecule has 6 nitrogen and oxygen atoms in total. The second kappa shape index (κ2) is 11.7. The number of nitrogens with one attached hydrogen (secondary N) is 2. The van der Waals surface area contributed by atoms with E-state index in [0.717, 1.165) is 51.2 Å². The minimum Gasteiger partial charge on any atom is -0.497 e. The van der Waals surface area contributed by atoms with Crippen molar-refractivity contribution in [3.8, 4) is 5.75 Å². The summed E-state index contributed by atoms with van der Waals surface area (Å²) < 4.78 is 5.31. The Bertz CT molecular complexity index is 1210. The van der Waals surface area contributed by atoms with E-state index < -0.39 is 0 Å². The number of para-hydroxylation sites is 1. The van der Waals surface area contributed by atoms with Gasteiger partial charge in [0.25, 0.3) is 5.91 Å². The third-order valence-corrected chi connectivity index (χ3v) is 7.90. The zero-order valence-corrected chi connectivity index (χ0v) is 21.3. The second-order valence-electron chi connectivity index (χ2n) is 10.1. The first-order chi connectivity index (χ1) is 17.7. The number of hydrogen-bond donors (Lipinski definition) is 2. The topological polar surface area (TPSA) is 64.4 Å². The molecule has 2 fully saturated rings. The second-order valence-corrected chi connectivity index (χ2v) is 10.1. The number of rotatable bonds is 6. The summed E-state index contributed by atoms with van der Waals surface area (Å²) in [5.74, 6) is 1.46. The van der Waals surface area contributed by atoms with Crippen LogP contribution in [0.5, 0.6) is 5.75 Å². The molecule has 190 valence electrons. The Labute approximate surface area is 214 Å². The van der Waals surface area contributed by atoms with E-state index in [2.05, 4.69) is 50.2 Å². The Kier molecular flexibility index (Phi) is 7.91. The summed E-state index contributed by atoms with van der Waals surface area (Å²) in [6.45, 7) is 4.15. The highest BCUT2D eigenvalue weighted by Crippen LogP contribution is 2.33. The molecule has 0 saturated carbocycles. The van der Waals surface area contributed by atoms with Gasteiger partial charge in [-0.2, -0.15) is 0 Å². The fourth-order valence-electron chi connectivity index (χ4n) is 5.84. The van der Waals surface area contributed by atoms with E-state index in [4.69, 9.17) is 4.74 Å². The Morgan fingerprint density at radius 2 is 1.75 bits per heavy atom. The molecule has 0 spiro atoms. The average Bonchev–Trinajstić information content (AvgIpc) is 3.40. The predicted molar refractivity (Wildman–Crippen MR) is 145 cm³/mol. The molecule has 0 aliphatic carbocycles. The quantitative estimate of drug-likeness (QED) is 0.456. The van der Waals surface area contributed by atoms with Crippen LogP contribution in [-0.4, -0.2) is 65.0 Å². The first kappa shape index (κ1) is 24.4. The first-order valence-corrected chi connectivity index (χ1v) is 13.4. The van der Waals surface area contributed by atoms with Crippen molar-refractivity contribution in [3.05, 3.63) is 78.2 Å². The number of aromatic nitrogens is 2. The summed E-state index contributed by atoms with van der Waals surface area (Å²) in [6.07, 6.45) is 10.8. The van der Waals surface area contributed by atoms with Gasteiger partial charge in [-0.15, -0.1) is 0 Å². The van der Waals surface area contributed by atoms with E-state index in [1.54, 1.807) is 13.3 Å². The van der Waals surface area contributed by atoms with Crippen LogP contribution in [0.4, 0.5) is 0 Å². The SMILES string of the molecule is COc1ccccc(C(=O)N2CCCCC2CCN2CCC(c3c[nH]c4ccccc34)CC2)[nH]cc1. The van der Waals surface area contributed by atoms with Crippen molar-refractivity contribution in [2.24, 2.45) is 0 Å². The maximum Gasteiger partial charge on any atom is 0.270 e. The van der Waals surface area contributed by atoms with Crippen molar-refractivity contribution >= 4 is 16.8 Å². The van der Waals surface area contributed by atoms with Gasteiger partial charge in [0.15, 0.2) is 0 Å². The summed E-state index contributed by atoms with van der Waals surface area (Å²) in [4.78, 5) is 24.8. The molecule has 2 aromatic heterocycles. The van der Waals surface area contributed by atoms with Gasteiger partial charge in [0.05, 0.1) is 7.11 Å². The summed E-state index contributed by atoms with van der Waals surface area (Å²) in [5, 5.41) is 1.37. The largest absolute Gasteiger partial charge is 0.497 e. The molecule has 2 aliphatic rings. The first-order valence-electron chi connectivity index (χ1n) is 13.4. The van der Waals surface area contributed by atoms with Crippen LogP contribution in [0.1, 0.15) is 60.5 Å². The highest BCUT2D eigenvalue weighted by atomic mass is 16.5. The molecule has 5 rings (SSSR count). The van der Waals surface area contributed by atoms with Gasteiger partial charge < -0.3 is 24.5 Å². The molecule has 1 atom stereocenters. The third-order valence-electron chi connectivity index (χ3n) is 7.90. The van der Waals surface area contributed by atoms with Crippen LogP contribution in [0.2, 0.25) is 0 Å². The average molecular weight is 487 g/mol. The number of nitrogens with zero attached hydrogens (tertiary/aromatic N) is 2. The highest BCUT2D eigenvalue weighted by molar-refractivity contribution is 5.92. The van der Waals surface area contributed by atoms with Gasteiger partial charge in [0, 0.05) is 42.4 Å². The number of amides is 1. The zero-order chi connectivity index (χ0) is 24.7. The molecule has 3 aromatic rings. The van der Waals surface area contributed by atoms with Crippen LogP contribution in [0.3, 0.4) is 0 Å². The number of carbonyl (C=O) groups is 1. The molecule has 6 heteroatoms. The summed E-state index contributed by atoms with van der Waals surface area (Å²) in [7, 11) is 1.64. The zero-order valence-electron chi connectivity index (χ0n) is 21.3. The van der Waals surface area contributed by atoms with Gasteiger partial charge in [-0.3, -0.25) is 4.79 Å². The lowest BCUT2D eigenvalue weighted by Gasteiger charge is -2.38. The maximum atomic E-state index is 13.5. The number of hydrogen-bond acceptors (Lipinski definition) is 3. The number of aromatic amines is 2. The molecule has 4 heterocycles. The van der Waals surface area contributed by atoms with Crippen molar-refractivity contribution in [2.75, 3.05) is 33.3 Å². The van der Waals surface area contributed by atoms with Crippen molar-refractivity contribution < 1.29 is 9.53 Å². The van der Waals surface area contributed by atoms with Crippen LogP contribution >= 0.6 is 0 Å². The normalized spacial score (nSPS) is 19.2. The van der Waals surface area contributed by atoms with Crippen LogP contribution in [0.25, 0.3) is 10.9 Å². The van der Waals surface area contributed by atoms with Gasteiger partial charge >= 0.3 is 0 Å². The number of likely N-dealkylation sites (tertiary alicyclic amines) is 2. The minimum absolute atomic E-state index is 0.0907. The smallest absolute Gasteiger partial charge is 0.270 e. The Hall–Kier alpha value is -3.25. The molecular weight excluding hydrogens is 448 g/mol. The van der Waals surface area contributed by atoms with E-state index in [0.29, 0.717) is 17.7 Å². The monoisotopic (exact) mass is 486 g/mol. The number of H-pyrrole nitrogens is 2. The molecule has 0 radical (unpaired) electrons. The number of benzene rings is 1. The molecule has 1 aromatic carbocycles. The molecule has 1 amide bonds. The van der Waals surface area contributed by atoms with Crippen molar-refractivity contribution in [1.82, 2.24) is 19.8 Å². The van der Waals surface area contributed by atoms with E-state index in [9.17, 15) is 4.79 Å². The number of piperidine rings is 2. The summed E-state index contributed by atoms with van der Waals surface area (Å²) in [6, 6.07) is 18.3. The molecule has 2 N–H and O–H groups in total. The number of methoxy groups -OCH3 is 1. The molecule has 1 unspecified atom stereocenters. The maximum absolute atomic E-state index is 13.5. The number of ether oxygens (including phenoxy) is 1.